The van der Waals surface area contributed by atoms with Gasteiger partial charge in [0.1, 0.15) is 6.10 Å². The predicted molar refractivity (Wildman–Crippen MR) is 66.7 cm³/mol. The van der Waals surface area contributed by atoms with Crippen LogP contribution in [0.5, 0.6) is 0 Å². The van der Waals surface area contributed by atoms with Crippen molar-refractivity contribution in [1.82, 2.24) is 4.90 Å². The lowest BCUT2D eigenvalue weighted by molar-refractivity contribution is -0.144. The molecule has 4 heteroatoms. The maximum Gasteiger partial charge on any atom is 0.251 e. The topological polar surface area (TPSA) is 29.5 Å². The first-order chi connectivity index (χ1) is 7.70. The van der Waals surface area contributed by atoms with Gasteiger partial charge >= 0.3 is 0 Å². The summed E-state index contributed by atoms with van der Waals surface area (Å²) >= 11 is 3.51. The van der Waals surface area contributed by atoms with E-state index >= 15 is 0 Å². The predicted octanol–water partition coefficient (Wildman–Crippen LogP) is 2.19. The second-order valence-corrected chi connectivity index (χ2v) is 5.61. The van der Waals surface area contributed by atoms with Crippen molar-refractivity contribution >= 4 is 21.8 Å². The van der Waals surface area contributed by atoms with E-state index < -0.39 is 0 Å². The fraction of sp³-hybridized carbons (Fsp3) is 0.917. The first kappa shape index (κ1) is 12.4. The molecule has 0 aromatic rings. The number of halogens is 1. The smallest absolute Gasteiger partial charge is 0.251 e. The van der Waals surface area contributed by atoms with E-state index in [1.165, 1.54) is 6.42 Å². The van der Waals surface area contributed by atoms with E-state index in [0.29, 0.717) is 5.92 Å². The third kappa shape index (κ3) is 2.77. The van der Waals surface area contributed by atoms with Crippen LogP contribution in [-0.4, -0.2) is 41.4 Å². The Labute approximate surface area is 106 Å². The van der Waals surface area contributed by atoms with Gasteiger partial charge in [0.25, 0.3) is 5.91 Å². The van der Waals surface area contributed by atoms with E-state index in [1.54, 1.807) is 0 Å². The number of alkyl halides is 1. The quantitative estimate of drug-likeness (QED) is 0.730. The SMILES string of the molecule is CC1CCC(C(=O)N2CCCC(CBr)C2)O1. The van der Waals surface area contributed by atoms with Crippen LogP contribution in [0.3, 0.4) is 0 Å². The Balaban J connectivity index is 1.89. The molecule has 0 aromatic carbocycles. The maximum absolute atomic E-state index is 12.2. The highest BCUT2D eigenvalue weighted by Gasteiger charge is 2.33. The molecule has 3 nitrogen and oxygen atoms in total. The van der Waals surface area contributed by atoms with Gasteiger partial charge in [-0.2, -0.15) is 0 Å². The summed E-state index contributed by atoms with van der Waals surface area (Å²) in [7, 11) is 0. The van der Waals surface area contributed by atoms with Crippen LogP contribution in [0.4, 0.5) is 0 Å². The number of carbonyl (C=O) groups is 1. The van der Waals surface area contributed by atoms with Crippen LogP contribution in [0.25, 0.3) is 0 Å². The maximum atomic E-state index is 12.2. The molecule has 1 amide bonds. The molecule has 0 saturated carbocycles. The highest BCUT2D eigenvalue weighted by molar-refractivity contribution is 9.09. The number of rotatable bonds is 2. The average Bonchev–Trinajstić information content (AvgIpc) is 2.75. The molecule has 92 valence electrons. The molecule has 0 aliphatic carbocycles. The number of nitrogens with zero attached hydrogens (tertiary/aromatic N) is 1. The summed E-state index contributed by atoms with van der Waals surface area (Å²) in [5.41, 5.74) is 0. The third-order valence-electron chi connectivity index (χ3n) is 3.56. The molecular formula is C12H20BrNO2. The lowest BCUT2D eigenvalue weighted by Crippen LogP contribution is -2.45. The van der Waals surface area contributed by atoms with E-state index in [-0.39, 0.29) is 18.1 Å². The number of hydrogen-bond donors (Lipinski definition) is 0. The zero-order chi connectivity index (χ0) is 11.5. The molecule has 0 aromatic heterocycles. The Morgan fingerprint density at radius 2 is 2.25 bits per heavy atom. The van der Waals surface area contributed by atoms with Gasteiger partial charge in [-0.1, -0.05) is 15.9 Å². The van der Waals surface area contributed by atoms with Crippen molar-refractivity contribution in [3.05, 3.63) is 0 Å². The number of piperidine rings is 1. The minimum Gasteiger partial charge on any atom is -0.365 e. The fourth-order valence-electron chi connectivity index (χ4n) is 2.58. The van der Waals surface area contributed by atoms with Crippen molar-refractivity contribution in [2.75, 3.05) is 18.4 Å². The van der Waals surface area contributed by atoms with E-state index in [2.05, 4.69) is 15.9 Å². The van der Waals surface area contributed by atoms with Crippen LogP contribution in [0.1, 0.15) is 32.6 Å². The van der Waals surface area contributed by atoms with Gasteiger partial charge in [0, 0.05) is 18.4 Å². The molecule has 0 radical (unpaired) electrons. The molecule has 0 bridgehead atoms. The summed E-state index contributed by atoms with van der Waals surface area (Å²) in [5.74, 6) is 0.839. The Kier molecular flexibility index (Phi) is 4.25. The molecule has 2 rings (SSSR count). The van der Waals surface area contributed by atoms with E-state index in [0.717, 1.165) is 37.7 Å². The summed E-state index contributed by atoms with van der Waals surface area (Å²) in [6, 6.07) is 0. The minimum absolute atomic E-state index is 0.163. The molecule has 2 saturated heterocycles. The van der Waals surface area contributed by atoms with E-state index in [9.17, 15) is 4.79 Å². The molecule has 2 aliphatic rings. The molecule has 3 unspecified atom stereocenters. The Bertz CT molecular complexity index is 259. The summed E-state index contributed by atoms with van der Waals surface area (Å²) in [6.45, 7) is 3.86. The molecule has 2 aliphatic heterocycles. The molecule has 0 spiro atoms. The van der Waals surface area contributed by atoms with Gasteiger partial charge in [-0.25, -0.2) is 0 Å². The van der Waals surface area contributed by atoms with E-state index in [4.69, 9.17) is 4.74 Å². The highest BCUT2D eigenvalue weighted by atomic mass is 79.9. The normalized spacial score (nSPS) is 35.4. The van der Waals surface area contributed by atoms with Gasteiger partial charge in [0.15, 0.2) is 0 Å². The molecule has 16 heavy (non-hydrogen) atoms. The van der Waals surface area contributed by atoms with Crippen molar-refractivity contribution in [1.29, 1.82) is 0 Å². The zero-order valence-corrected chi connectivity index (χ0v) is 11.4. The van der Waals surface area contributed by atoms with Gasteiger partial charge in [-0.3, -0.25) is 4.79 Å². The standard InChI is InChI=1S/C12H20BrNO2/c1-9-4-5-11(16-9)12(15)14-6-2-3-10(7-13)8-14/h9-11H,2-8H2,1H3. The molecule has 0 N–H and O–H groups in total. The van der Waals surface area contributed by atoms with Crippen molar-refractivity contribution in [3.63, 3.8) is 0 Å². The number of ether oxygens (including phenoxy) is 1. The molecule has 2 heterocycles. The number of hydrogen-bond acceptors (Lipinski definition) is 2. The lowest BCUT2D eigenvalue weighted by Gasteiger charge is -2.33. The fourth-order valence-corrected chi connectivity index (χ4v) is 3.11. The first-order valence-corrected chi connectivity index (χ1v) is 7.33. The zero-order valence-electron chi connectivity index (χ0n) is 9.82. The highest BCUT2D eigenvalue weighted by Crippen LogP contribution is 2.24. The van der Waals surface area contributed by atoms with Crippen molar-refractivity contribution in [3.8, 4) is 0 Å². The van der Waals surface area contributed by atoms with Crippen LogP contribution in [-0.2, 0) is 9.53 Å². The van der Waals surface area contributed by atoms with Gasteiger partial charge in [0.2, 0.25) is 0 Å². The minimum atomic E-state index is -0.163. The first-order valence-electron chi connectivity index (χ1n) is 6.21. The number of amides is 1. The Hall–Kier alpha value is -0.0900. The lowest BCUT2D eigenvalue weighted by atomic mass is 9.99. The van der Waals surface area contributed by atoms with Gasteiger partial charge in [0.05, 0.1) is 6.10 Å². The van der Waals surface area contributed by atoms with Gasteiger partial charge in [-0.05, 0) is 38.5 Å². The van der Waals surface area contributed by atoms with Crippen LogP contribution in [0.2, 0.25) is 0 Å². The molecule has 2 fully saturated rings. The van der Waals surface area contributed by atoms with Gasteiger partial charge in [-0.15, -0.1) is 0 Å². The van der Waals surface area contributed by atoms with Crippen molar-refractivity contribution in [2.24, 2.45) is 5.92 Å². The summed E-state index contributed by atoms with van der Waals surface area (Å²) in [5, 5.41) is 0.999. The molecule has 3 atom stereocenters. The second-order valence-electron chi connectivity index (χ2n) is 4.96. The Morgan fingerprint density at radius 3 is 2.88 bits per heavy atom. The van der Waals surface area contributed by atoms with Crippen LogP contribution in [0.15, 0.2) is 0 Å². The summed E-state index contributed by atoms with van der Waals surface area (Å²) in [4.78, 5) is 14.2. The largest absolute Gasteiger partial charge is 0.365 e. The van der Waals surface area contributed by atoms with E-state index in [1.807, 2.05) is 11.8 Å². The average molecular weight is 290 g/mol. The number of likely N-dealkylation sites (tertiary alicyclic amines) is 1. The second kappa shape index (κ2) is 5.50. The van der Waals surface area contributed by atoms with Crippen molar-refractivity contribution < 1.29 is 9.53 Å². The van der Waals surface area contributed by atoms with Crippen LogP contribution >= 0.6 is 15.9 Å². The summed E-state index contributed by atoms with van der Waals surface area (Å²) < 4.78 is 5.64. The van der Waals surface area contributed by atoms with Gasteiger partial charge < -0.3 is 9.64 Å². The third-order valence-corrected chi connectivity index (χ3v) is 4.47. The summed E-state index contributed by atoms with van der Waals surface area (Å²) in [6.07, 6.45) is 4.37. The number of carbonyl (C=O) groups excluding carboxylic acids is 1. The van der Waals surface area contributed by atoms with Crippen LogP contribution < -0.4 is 0 Å². The molecular weight excluding hydrogens is 270 g/mol. The van der Waals surface area contributed by atoms with Crippen LogP contribution in [0, 0.1) is 5.92 Å². The monoisotopic (exact) mass is 289 g/mol. The van der Waals surface area contributed by atoms with Crippen molar-refractivity contribution in [2.45, 2.75) is 44.8 Å². The Morgan fingerprint density at radius 1 is 1.44 bits per heavy atom.